The maximum absolute atomic E-state index is 13.9. The number of halogens is 1. The smallest absolute Gasteiger partial charge is 0.145 e. The Kier molecular flexibility index (Phi) is 5.48. The molecule has 5 heteroatoms. The monoisotopic (exact) mass is 277 g/mol. The van der Waals surface area contributed by atoms with E-state index in [4.69, 9.17) is 10.00 Å². The molecule has 1 aromatic rings. The van der Waals surface area contributed by atoms with Crippen LogP contribution in [0.25, 0.3) is 0 Å². The topological polar surface area (TPSA) is 48.3 Å². The average molecular weight is 277 g/mol. The summed E-state index contributed by atoms with van der Waals surface area (Å²) in [4.78, 5) is 2.34. The molecule has 1 aromatic carbocycles. The van der Waals surface area contributed by atoms with Crippen LogP contribution in [-0.2, 0) is 11.3 Å². The van der Waals surface area contributed by atoms with Crippen LogP contribution in [0, 0.1) is 17.1 Å². The van der Waals surface area contributed by atoms with Gasteiger partial charge in [0.25, 0.3) is 0 Å². The summed E-state index contributed by atoms with van der Waals surface area (Å²) in [6, 6.07) is 7.05. The first kappa shape index (κ1) is 14.9. The predicted molar refractivity (Wildman–Crippen MR) is 74.7 cm³/mol. The standard InChI is InChI=1S/C15H20FN3O/c1-12(11-19-5-7-20-8-6-19)18-10-14-4-2-3-13(9-17)15(14)16/h2-4,12,18H,5-8,10-11H2,1H3. The summed E-state index contributed by atoms with van der Waals surface area (Å²) in [5, 5.41) is 12.1. The molecule has 0 radical (unpaired) electrons. The summed E-state index contributed by atoms with van der Waals surface area (Å²) < 4.78 is 19.2. The van der Waals surface area contributed by atoms with Gasteiger partial charge in [-0.05, 0) is 13.0 Å². The molecule has 0 bridgehead atoms. The van der Waals surface area contributed by atoms with Crippen molar-refractivity contribution in [2.75, 3.05) is 32.8 Å². The van der Waals surface area contributed by atoms with Crippen molar-refractivity contribution in [3.63, 3.8) is 0 Å². The molecular weight excluding hydrogens is 257 g/mol. The molecule has 0 spiro atoms. The van der Waals surface area contributed by atoms with Crippen LogP contribution in [0.2, 0.25) is 0 Å². The molecule has 0 aromatic heterocycles. The zero-order valence-electron chi connectivity index (χ0n) is 11.7. The number of ether oxygens (including phenoxy) is 1. The second kappa shape index (κ2) is 7.34. The molecule has 0 amide bonds. The molecule has 1 heterocycles. The predicted octanol–water partition coefficient (Wildman–Crippen LogP) is 1.51. The zero-order valence-corrected chi connectivity index (χ0v) is 11.7. The van der Waals surface area contributed by atoms with Crippen LogP contribution >= 0.6 is 0 Å². The molecule has 1 atom stereocenters. The molecular formula is C15H20FN3O. The van der Waals surface area contributed by atoms with Crippen LogP contribution in [0.3, 0.4) is 0 Å². The number of nitrogens with one attached hydrogen (secondary N) is 1. The Hall–Kier alpha value is -1.48. The summed E-state index contributed by atoms with van der Waals surface area (Å²) in [6.07, 6.45) is 0. The molecule has 1 aliphatic rings. The molecule has 1 fully saturated rings. The first-order chi connectivity index (χ1) is 9.70. The van der Waals surface area contributed by atoms with Crippen molar-refractivity contribution in [1.82, 2.24) is 10.2 Å². The Morgan fingerprint density at radius 2 is 2.20 bits per heavy atom. The second-order valence-corrected chi connectivity index (χ2v) is 5.09. The van der Waals surface area contributed by atoms with E-state index in [9.17, 15) is 4.39 Å². The zero-order chi connectivity index (χ0) is 14.4. The maximum atomic E-state index is 13.9. The summed E-state index contributed by atoms with van der Waals surface area (Å²) in [5.41, 5.74) is 0.642. The first-order valence-corrected chi connectivity index (χ1v) is 6.91. The Balaban J connectivity index is 1.84. The molecule has 1 aliphatic heterocycles. The van der Waals surface area contributed by atoms with Gasteiger partial charge in [0.15, 0.2) is 0 Å². The lowest BCUT2D eigenvalue weighted by molar-refractivity contribution is 0.0343. The summed E-state index contributed by atoms with van der Waals surface area (Å²) >= 11 is 0. The van der Waals surface area contributed by atoms with Crippen LogP contribution in [0.1, 0.15) is 18.1 Å². The number of benzene rings is 1. The van der Waals surface area contributed by atoms with Crippen molar-refractivity contribution < 1.29 is 9.13 Å². The van der Waals surface area contributed by atoms with E-state index in [0.717, 1.165) is 32.8 Å². The summed E-state index contributed by atoms with van der Waals surface area (Å²) in [7, 11) is 0. The lowest BCUT2D eigenvalue weighted by Crippen LogP contribution is -2.44. The van der Waals surface area contributed by atoms with Gasteiger partial charge in [0.2, 0.25) is 0 Å². The first-order valence-electron chi connectivity index (χ1n) is 6.91. The lowest BCUT2D eigenvalue weighted by Gasteiger charge is -2.29. The number of morpholine rings is 1. The Bertz CT molecular complexity index is 480. The van der Waals surface area contributed by atoms with Gasteiger partial charge in [-0.25, -0.2) is 4.39 Å². The van der Waals surface area contributed by atoms with Crippen molar-refractivity contribution in [2.45, 2.75) is 19.5 Å². The SMILES string of the molecule is CC(CN1CCOCC1)NCc1cccc(C#N)c1F. The highest BCUT2D eigenvalue weighted by atomic mass is 19.1. The van der Waals surface area contributed by atoms with Gasteiger partial charge in [0, 0.05) is 37.8 Å². The van der Waals surface area contributed by atoms with E-state index in [-0.39, 0.29) is 11.6 Å². The summed E-state index contributed by atoms with van der Waals surface area (Å²) in [5.74, 6) is -0.416. The summed E-state index contributed by atoms with van der Waals surface area (Å²) in [6.45, 7) is 6.91. The van der Waals surface area contributed by atoms with Crippen molar-refractivity contribution in [3.05, 3.63) is 35.1 Å². The number of nitriles is 1. The van der Waals surface area contributed by atoms with Gasteiger partial charge in [-0.2, -0.15) is 5.26 Å². The highest BCUT2D eigenvalue weighted by molar-refractivity contribution is 5.34. The van der Waals surface area contributed by atoms with E-state index in [0.29, 0.717) is 12.1 Å². The number of rotatable bonds is 5. The fraction of sp³-hybridized carbons (Fsp3) is 0.533. The number of hydrogen-bond acceptors (Lipinski definition) is 4. The Morgan fingerprint density at radius 1 is 1.45 bits per heavy atom. The fourth-order valence-electron chi connectivity index (χ4n) is 2.32. The average Bonchev–Trinajstić information content (AvgIpc) is 2.47. The molecule has 1 unspecified atom stereocenters. The van der Waals surface area contributed by atoms with Gasteiger partial charge in [-0.15, -0.1) is 0 Å². The minimum absolute atomic E-state index is 0.102. The van der Waals surface area contributed by atoms with Crippen molar-refractivity contribution >= 4 is 0 Å². The molecule has 0 aliphatic carbocycles. The highest BCUT2D eigenvalue weighted by Gasteiger charge is 2.14. The Labute approximate surface area is 119 Å². The van der Waals surface area contributed by atoms with Gasteiger partial charge in [-0.3, -0.25) is 4.90 Å². The molecule has 4 nitrogen and oxygen atoms in total. The van der Waals surface area contributed by atoms with Crippen molar-refractivity contribution in [1.29, 1.82) is 5.26 Å². The van der Waals surface area contributed by atoms with Gasteiger partial charge < -0.3 is 10.1 Å². The van der Waals surface area contributed by atoms with Crippen LogP contribution in [0.4, 0.5) is 4.39 Å². The van der Waals surface area contributed by atoms with E-state index in [1.165, 1.54) is 6.07 Å². The normalized spacial score (nSPS) is 17.6. The van der Waals surface area contributed by atoms with Crippen LogP contribution in [0.15, 0.2) is 18.2 Å². The molecule has 1 saturated heterocycles. The van der Waals surface area contributed by atoms with Crippen molar-refractivity contribution in [2.24, 2.45) is 0 Å². The van der Waals surface area contributed by atoms with Gasteiger partial charge >= 0.3 is 0 Å². The van der Waals surface area contributed by atoms with Gasteiger partial charge in [0.1, 0.15) is 11.9 Å². The van der Waals surface area contributed by atoms with Crippen LogP contribution in [0.5, 0.6) is 0 Å². The van der Waals surface area contributed by atoms with E-state index in [1.54, 1.807) is 12.1 Å². The van der Waals surface area contributed by atoms with E-state index >= 15 is 0 Å². The molecule has 108 valence electrons. The van der Waals surface area contributed by atoms with E-state index in [2.05, 4.69) is 17.1 Å². The molecule has 0 saturated carbocycles. The third kappa shape index (κ3) is 4.01. The van der Waals surface area contributed by atoms with Gasteiger partial charge in [-0.1, -0.05) is 12.1 Å². The maximum Gasteiger partial charge on any atom is 0.145 e. The van der Waals surface area contributed by atoms with Gasteiger partial charge in [0.05, 0.1) is 18.8 Å². The fourth-order valence-corrected chi connectivity index (χ4v) is 2.32. The van der Waals surface area contributed by atoms with E-state index < -0.39 is 5.82 Å². The quantitative estimate of drug-likeness (QED) is 0.886. The minimum Gasteiger partial charge on any atom is -0.379 e. The lowest BCUT2D eigenvalue weighted by atomic mass is 10.1. The third-order valence-electron chi connectivity index (χ3n) is 3.48. The van der Waals surface area contributed by atoms with Crippen LogP contribution < -0.4 is 5.32 Å². The largest absolute Gasteiger partial charge is 0.379 e. The number of hydrogen-bond donors (Lipinski definition) is 1. The number of nitrogens with zero attached hydrogens (tertiary/aromatic N) is 2. The Morgan fingerprint density at radius 3 is 2.90 bits per heavy atom. The highest BCUT2D eigenvalue weighted by Crippen LogP contribution is 2.12. The van der Waals surface area contributed by atoms with Crippen LogP contribution in [-0.4, -0.2) is 43.8 Å². The van der Waals surface area contributed by atoms with E-state index in [1.807, 2.05) is 6.07 Å². The molecule has 2 rings (SSSR count). The second-order valence-electron chi connectivity index (χ2n) is 5.09. The minimum atomic E-state index is -0.416. The third-order valence-corrected chi connectivity index (χ3v) is 3.48. The molecule has 20 heavy (non-hydrogen) atoms. The van der Waals surface area contributed by atoms with Crippen molar-refractivity contribution in [3.8, 4) is 6.07 Å². The molecule has 1 N–H and O–H groups in total.